The van der Waals surface area contributed by atoms with E-state index in [-0.39, 0.29) is 5.25 Å². The zero-order valence-electron chi connectivity index (χ0n) is 46.9. The summed E-state index contributed by atoms with van der Waals surface area (Å²) < 4.78 is 20.0. The van der Waals surface area contributed by atoms with Crippen molar-refractivity contribution in [2.24, 2.45) is 34.8 Å². The molecule has 9 fully saturated rings. The molecule has 8 saturated heterocycles. The summed E-state index contributed by atoms with van der Waals surface area (Å²) in [7, 11) is 4.46. The minimum absolute atomic E-state index is 0.149. The van der Waals surface area contributed by atoms with E-state index in [1.54, 1.807) is 0 Å². The van der Waals surface area contributed by atoms with E-state index in [1.165, 1.54) is 90.8 Å². The van der Waals surface area contributed by atoms with Crippen molar-refractivity contribution < 1.29 is 8.95 Å². The third-order valence-corrected chi connectivity index (χ3v) is 18.7. The number of nitrogens with two attached hydrogens (primary N) is 1. The molecule has 1 aliphatic carbocycles. The van der Waals surface area contributed by atoms with Crippen LogP contribution in [0.4, 0.5) is 0 Å². The Kier molecular flexibility index (Phi) is 24.5. The lowest BCUT2D eigenvalue weighted by Gasteiger charge is -2.57. The van der Waals surface area contributed by atoms with Gasteiger partial charge in [0.1, 0.15) is 0 Å². The predicted molar refractivity (Wildman–Crippen MR) is 293 cm³/mol. The van der Waals surface area contributed by atoms with Gasteiger partial charge in [-0.2, -0.15) is 0 Å². The van der Waals surface area contributed by atoms with Crippen molar-refractivity contribution in [1.82, 2.24) is 54.1 Å². The number of likely N-dealkylation sites (tertiary alicyclic amines) is 2. The Morgan fingerprint density at radius 2 is 1.06 bits per heavy atom. The van der Waals surface area contributed by atoms with Crippen LogP contribution in [0.25, 0.3) is 0 Å². The minimum atomic E-state index is -2.02. The summed E-state index contributed by atoms with van der Waals surface area (Å²) in [5.74, 6) is 6.96. The first-order chi connectivity index (χ1) is 31.9. The number of allylic oxidation sites excluding steroid dienone is 1. The molecular weight excluding hydrogens is 869 g/mol. The van der Waals surface area contributed by atoms with Crippen LogP contribution in [0.15, 0.2) is 12.3 Å². The van der Waals surface area contributed by atoms with Gasteiger partial charge >= 0.3 is 0 Å². The van der Waals surface area contributed by atoms with E-state index in [1.807, 2.05) is 18.2 Å². The zero-order chi connectivity index (χ0) is 50.5. The van der Waals surface area contributed by atoms with Crippen LogP contribution in [0.5, 0.6) is 0 Å². The Morgan fingerprint density at radius 3 is 1.44 bits per heavy atom. The lowest BCUT2D eigenvalue weighted by molar-refractivity contribution is -0.110. The van der Waals surface area contributed by atoms with Crippen molar-refractivity contribution in [3.8, 4) is 0 Å². The number of ether oxygens (including phenoxy) is 1. The van der Waals surface area contributed by atoms with Crippen LogP contribution in [-0.2, 0) is 14.4 Å². The van der Waals surface area contributed by atoms with E-state index in [0.717, 1.165) is 95.3 Å². The van der Waals surface area contributed by atoms with Gasteiger partial charge in [-0.1, -0.05) is 48.1 Å². The van der Waals surface area contributed by atoms with Crippen LogP contribution in [0.2, 0.25) is 0 Å². The molecule has 15 heteroatoms. The summed E-state index contributed by atoms with van der Waals surface area (Å²) in [5.41, 5.74) is 7.81. The van der Waals surface area contributed by atoms with E-state index in [4.69, 9.17) is 10.5 Å². The van der Waals surface area contributed by atoms with E-state index in [2.05, 4.69) is 153 Å². The summed E-state index contributed by atoms with van der Waals surface area (Å²) in [6.07, 6.45) is 0.861. The fraction of sp³-hybridized carbons (Fsp3) is 0.943. The predicted octanol–water partition coefficient (Wildman–Crippen LogP) is 3.22. The molecule has 14 nitrogen and oxygen atoms in total. The third-order valence-electron chi connectivity index (χ3n) is 16.0. The maximum absolute atomic E-state index is 12.1. The highest BCUT2D eigenvalue weighted by molar-refractivity contribution is 7.98. The smallest absolute Gasteiger partial charge is 0.0831 e. The zero-order valence-corrected chi connectivity index (χ0v) is 47.7. The summed E-state index contributed by atoms with van der Waals surface area (Å²) in [5, 5.41) is 6.88. The second-order valence-electron chi connectivity index (χ2n) is 24.0. The standard InChI is InChI=1S/C10H20N2.C9H20N2OS.C9H18N2O.C9H20N2.2C8H16N2/c1-9(2)10(3)12-7-5-11(4)6-8-12;1-9(2)13(4,12)11-7-5-10(3)6-8-11;1-7(2)11-5-8-3-10-4-9(6-11)12-8;1-9(2)8-11-6-4-10(3)5-7-11;1-7(2)10-5-8(6-10)3-9-4-8;1-5(2)10-3-6-7(4-10)8(6)9/h9H,3,5-8H2,1-2,4H3;9H,4-8H2,1-3H3;7-10H,3-6H2,1-2H3;9H,4-8H2,1-3H3;7,9H,3-6H2,1-2H3;5-8H,3-4,9H2,1-2H3. The summed E-state index contributed by atoms with van der Waals surface area (Å²) in [6, 6.07) is 2.69. The maximum Gasteiger partial charge on any atom is 0.0831 e. The van der Waals surface area contributed by atoms with Crippen molar-refractivity contribution in [2.75, 3.05) is 172 Å². The molecule has 0 aromatic heterocycles. The van der Waals surface area contributed by atoms with Gasteiger partial charge < -0.3 is 50.5 Å². The number of hydrogen-bond acceptors (Lipinski definition) is 13. The lowest BCUT2D eigenvalue weighted by Crippen LogP contribution is -2.72. The van der Waals surface area contributed by atoms with Crippen molar-refractivity contribution in [3.63, 3.8) is 0 Å². The number of piperidine rings is 1. The van der Waals surface area contributed by atoms with Crippen molar-refractivity contribution in [2.45, 2.75) is 125 Å². The van der Waals surface area contributed by atoms with E-state index >= 15 is 0 Å². The van der Waals surface area contributed by atoms with Gasteiger partial charge in [0.25, 0.3) is 0 Å². The molecule has 1 spiro atoms. The van der Waals surface area contributed by atoms with Crippen LogP contribution >= 0.6 is 0 Å². The molecule has 1 saturated carbocycles. The minimum Gasteiger partial charge on any atom is -0.373 e. The average molecular weight is 980 g/mol. The van der Waals surface area contributed by atoms with Crippen LogP contribution in [-0.4, -0.2) is 267 Å². The third kappa shape index (κ3) is 18.8. The Hall–Kier alpha value is -0.920. The Balaban J connectivity index is 0.000000178. The first-order valence-corrected chi connectivity index (χ1v) is 29.0. The SMILES string of the molecule is C=C(C(C)C)N1CCN(C)CC1.C=S(=O)(C(C)C)N1CCN(C)CC1.CC(C)CN1CCN(C)CC1.CC(C)N1CC2(CNC2)C1.CC(C)N1CC2C(N)C2C1.CC(C)N1CC2CNCC(C1)O2. The van der Waals surface area contributed by atoms with Crippen LogP contribution in [0.3, 0.4) is 0 Å². The molecule has 400 valence electrons. The molecular formula is C53H110N12O2S. The molecule has 0 aromatic carbocycles. The number of fused-ring (bicyclic) bond motifs is 3. The van der Waals surface area contributed by atoms with Gasteiger partial charge in [-0.25, -0.2) is 4.31 Å². The molecule has 0 amide bonds. The lowest BCUT2D eigenvalue weighted by atomic mass is 9.74. The Bertz CT molecular complexity index is 1500. The van der Waals surface area contributed by atoms with Gasteiger partial charge in [-0.15, -0.1) is 0 Å². The molecule has 2 bridgehead atoms. The highest BCUT2D eigenvalue weighted by atomic mass is 32.2. The Labute approximate surface area is 420 Å². The molecule has 5 atom stereocenters. The van der Waals surface area contributed by atoms with E-state index in [9.17, 15) is 4.21 Å². The number of nitrogens with zero attached hydrogens (tertiary/aromatic N) is 9. The van der Waals surface area contributed by atoms with Crippen molar-refractivity contribution >= 4 is 15.6 Å². The van der Waals surface area contributed by atoms with E-state index < -0.39 is 9.71 Å². The molecule has 5 unspecified atom stereocenters. The molecule has 0 radical (unpaired) electrons. The van der Waals surface area contributed by atoms with Gasteiger partial charge in [0.15, 0.2) is 0 Å². The molecule has 9 aliphatic rings. The molecule has 8 heterocycles. The van der Waals surface area contributed by atoms with E-state index in [0.29, 0.717) is 35.6 Å². The largest absolute Gasteiger partial charge is 0.373 e. The van der Waals surface area contributed by atoms with Gasteiger partial charge in [0, 0.05) is 201 Å². The molecule has 9 rings (SSSR count). The highest BCUT2D eigenvalue weighted by Gasteiger charge is 2.53. The first-order valence-electron chi connectivity index (χ1n) is 27.3. The fourth-order valence-electron chi connectivity index (χ4n) is 10.3. The highest BCUT2D eigenvalue weighted by Crippen LogP contribution is 2.44. The van der Waals surface area contributed by atoms with Crippen molar-refractivity contribution in [3.05, 3.63) is 12.3 Å². The topological polar surface area (TPSA) is 106 Å². The monoisotopic (exact) mass is 979 g/mol. The quantitative estimate of drug-likeness (QED) is 0.295. The van der Waals surface area contributed by atoms with Crippen molar-refractivity contribution in [1.29, 1.82) is 0 Å². The molecule has 68 heavy (non-hydrogen) atoms. The van der Waals surface area contributed by atoms with Gasteiger partial charge in [-0.3, -0.25) is 14.0 Å². The van der Waals surface area contributed by atoms with Gasteiger partial charge in [-0.05, 0) is 92.2 Å². The number of nitrogens with one attached hydrogen (secondary N) is 2. The molecule has 0 aromatic rings. The average Bonchev–Trinajstić information content (AvgIpc) is 3.60. The van der Waals surface area contributed by atoms with Crippen LogP contribution in [0.1, 0.15) is 83.1 Å². The molecule has 4 N–H and O–H groups in total. The molecule has 8 aliphatic heterocycles. The second-order valence-corrected chi connectivity index (χ2v) is 26.9. The fourth-order valence-corrected chi connectivity index (χ4v) is 11.7. The van der Waals surface area contributed by atoms with Crippen LogP contribution in [0, 0.1) is 29.1 Å². The number of rotatable bonds is 9. The summed E-state index contributed by atoms with van der Waals surface area (Å²) >= 11 is 0. The second kappa shape index (κ2) is 27.9. The Morgan fingerprint density at radius 1 is 0.632 bits per heavy atom. The number of likely N-dealkylation sites (N-methyl/N-ethyl adjacent to an activating group) is 3. The summed E-state index contributed by atoms with van der Waals surface area (Å²) in [6.45, 7) is 57.3. The number of piperazine rings is 3. The number of hydrogen-bond donors (Lipinski definition) is 3. The normalized spacial score (nSPS) is 30.1. The first kappa shape index (κ1) is 59.6. The van der Waals surface area contributed by atoms with Gasteiger partial charge in [0.05, 0.1) is 12.2 Å². The maximum atomic E-state index is 12.1. The van der Waals surface area contributed by atoms with Crippen LogP contribution < -0.4 is 16.4 Å². The number of morpholine rings is 2. The summed E-state index contributed by atoms with van der Waals surface area (Å²) in [4.78, 5) is 19.6. The van der Waals surface area contributed by atoms with Gasteiger partial charge in [0.2, 0.25) is 0 Å².